The van der Waals surface area contributed by atoms with Gasteiger partial charge in [0, 0.05) is 35.9 Å². The Kier molecular flexibility index (Phi) is 5.69. The first-order chi connectivity index (χ1) is 14.4. The monoisotopic (exact) mass is 429 g/mol. The number of anilines is 3. The second-order valence-corrected chi connectivity index (χ2v) is 7.81. The zero-order valence-corrected chi connectivity index (χ0v) is 17.4. The van der Waals surface area contributed by atoms with Crippen LogP contribution < -0.4 is 22.1 Å². The Hall–Kier alpha value is -2.98. The molecule has 0 radical (unpaired) electrons. The molecule has 158 valence electrons. The van der Waals surface area contributed by atoms with Crippen LogP contribution in [0, 0.1) is 0 Å². The number of amides is 1. The van der Waals surface area contributed by atoms with E-state index in [0.717, 1.165) is 37.6 Å². The summed E-state index contributed by atoms with van der Waals surface area (Å²) in [6, 6.07) is 3.66. The third kappa shape index (κ3) is 4.14. The number of fused-ring (bicyclic) bond motifs is 1. The van der Waals surface area contributed by atoms with Gasteiger partial charge in [-0.05, 0) is 31.9 Å². The highest BCUT2D eigenvalue weighted by Gasteiger charge is 2.23. The van der Waals surface area contributed by atoms with Crippen LogP contribution in [0.2, 0.25) is 5.02 Å². The number of halogens is 1. The van der Waals surface area contributed by atoms with Gasteiger partial charge in [-0.1, -0.05) is 24.4 Å². The fourth-order valence-electron chi connectivity index (χ4n) is 3.66. The fourth-order valence-corrected chi connectivity index (χ4v) is 3.92. The van der Waals surface area contributed by atoms with E-state index in [-0.39, 0.29) is 29.5 Å². The van der Waals surface area contributed by atoms with Crippen LogP contribution in [0.3, 0.4) is 0 Å². The zero-order chi connectivity index (χ0) is 21.3. The number of nitrogens with one attached hydrogen (secondary N) is 2. The van der Waals surface area contributed by atoms with Crippen molar-refractivity contribution in [3.05, 3.63) is 29.0 Å². The van der Waals surface area contributed by atoms with E-state index in [1.807, 2.05) is 19.2 Å². The second-order valence-electron chi connectivity index (χ2n) is 7.40. The Morgan fingerprint density at radius 1 is 1.30 bits per heavy atom. The number of aromatic nitrogens is 5. The molecule has 0 saturated heterocycles. The van der Waals surface area contributed by atoms with Crippen molar-refractivity contribution in [1.29, 1.82) is 0 Å². The topological polar surface area (TPSA) is 150 Å². The Morgan fingerprint density at radius 3 is 2.83 bits per heavy atom. The summed E-state index contributed by atoms with van der Waals surface area (Å²) in [7, 11) is 0. The summed E-state index contributed by atoms with van der Waals surface area (Å²) in [5.41, 5.74) is 12.9. The first-order valence-electron chi connectivity index (χ1n) is 9.95. The first kappa shape index (κ1) is 20.3. The van der Waals surface area contributed by atoms with Crippen LogP contribution in [0.5, 0.6) is 0 Å². The van der Waals surface area contributed by atoms with Gasteiger partial charge in [-0.2, -0.15) is 10.1 Å². The van der Waals surface area contributed by atoms with Crippen LogP contribution in [0.25, 0.3) is 10.9 Å². The molecule has 2 atom stereocenters. The summed E-state index contributed by atoms with van der Waals surface area (Å²) in [5, 5.41) is 20.1. The Labute approximate surface area is 178 Å². The van der Waals surface area contributed by atoms with Gasteiger partial charge in [0.05, 0.1) is 5.02 Å². The van der Waals surface area contributed by atoms with Crippen molar-refractivity contribution in [2.75, 3.05) is 10.6 Å². The van der Waals surface area contributed by atoms with Gasteiger partial charge in [-0.3, -0.25) is 9.48 Å². The number of benzene rings is 1. The van der Waals surface area contributed by atoms with E-state index in [1.54, 1.807) is 10.7 Å². The number of primary amides is 1. The molecular weight excluding hydrogens is 406 g/mol. The van der Waals surface area contributed by atoms with Crippen molar-refractivity contribution in [2.24, 2.45) is 11.5 Å². The Bertz CT molecular complexity index is 1080. The molecule has 30 heavy (non-hydrogen) atoms. The average molecular weight is 430 g/mol. The summed E-state index contributed by atoms with van der Waals surface area (Å²) in [6.07, 6.45) is 5.98. The molecule has 1 aliphatic carbocycles. The van der Waals surface area contributed by atoms with Gasteiger partial charge in [0.15, 0.2) is 11.5 Å². The van der Waals surface area contributed by atoms with Crippen LogP contribution in [0.1, 0.15) is 43.1 Å². The molecule has 0 unspecified atom stereocenters. The quantitative estimate of drug-likeness (QED) is 0.466. The lowest BCUT2D eigenvalue weighted by Gasteiger charge is -2.29. The lowest BCUT2D eigenvalue weighted by atomic mass is 9.91. The number of aryl methyl sites for hydroxylation is 1. The van der Waals surface area contributed by atoms with Gasteiger partial charge in [0.25, 0.3) is 5.91 Å². The highest BCUT2D eigenvalue weighted by molar-refractivity contribution is 6.35. The van der Waals surface area contributed by atoms with Gasteiger partial charge >= 0.3 is 0 Å². The van der Waals surface area contributed by atoms with E-state index in [4.69, 9.17) is 23.1 Å². The van der Waals surface area contributed by atoms with Crippen molar-refractivity contribution in [2.45, 2.75) is 51.2 Å². The van der Waals surface area contributed by atoms with Crippen LogP contribution in [0.15, 0.2) is 18.3 Å². The summed E-state index contributed by atoms with van der Waals surface area (Å²) in [5.74, 6) is -0.247. The van der Waals surface area contributed by atoms with Crippen LogP contribution in [-0.2, 0) is 6.54 Å². The summed E-state index contributed by atoms with van der Waals surface area (Å²) in [6.45, 7) is 2.73. The summed E-state index contributed by atoms with van der Waals surface area (Å²) < 4.78 is 1.80. The average Bonchev–Trinajstić information content (AvgIpc) is 3.14. The molecule has 0 aliphatic heterocycles. The Balaban J connectivity index is 1.65. The van der Waals surface area contributed by atoms with Gasteiger partial charge in [0.2, 0.25) is 5.95 Å². The molecule has 1 amide bonds. The van der Waals surface area contributed by atoms with Gasteiger partial charge in [-0.25, -0.2) is 0 Å². The first-order valence-corrected chi connectivity index (χ1v) is 10.3. The number of carbonyl (C=O) groups is 1. The van der Waals surface area contributed by atoms with E-state index in [2.05, 4.69) is 30.9 Å². The van der Waals surface area contributed by atoms with Crippen LogP contribution in [-0.4, -0.2) is 43.0 Å². The highest BCUT2D eigenvalue weighted by atomic mass is 35.5. The van der Waals surface area contributed by atoms with E-state index in [9.17, 15) is 4.79 Å². The molecule has 0 bridgehead atoms. The van der Waals surface area contributed by atoms with Crippen molar-refractivity contribution in [3.8, 4) is 0 Å². The third-order valence-corrected chi connectivity index (χ3v) is 5.54. The number of hydrogen-bond acceptors (Lipinski definition) is 8. The second kappa shape index (κ2) is 8.41. The maximum atomic E-state index is 11.8. The minimum atomic E-state index is -0.732. The molecule has 3 aromatic rings. The minimum Gasteiger partial charge on any atom is -0.364 e. The number of carbonyl (C=O) groups excluding carboxylic acids is 1. The maximum Gasteiger partial charge on any atom is 0.273 e. The van der Waals surface area contributed by atoms with Crippen molar-refractivity contribution >= 4 is 45.9 Å². The fraction of sp³-hybridized carbons (Fsp3) is 0.421. The smallest absolute Gasteiger partial charge is 0.273 e. The number of nitrogens with two attached hydrogens (primary N) is 2. The molecule has 4 rings (SSSR count). The predicted molar refractivity (Wildman–Crippen MR) is 116 cm³/mol. The third-order valence-electron chi connectivity index (χ3n) is 5.25. The van der Waals surface area contributed by atoms with Crippen molar-refractivity contribution in [3.63, 3.8) is 0 Å². The van der Waals surface area contributed by atoms with Crippen LogP contribution in [0.4, 0.5) is 17.5 Å². The van der Waals surface area contributed by atoms with Gasteiger partial charge < -0.3 is 22.1 Å². The SMILES string of the molecule is CCn1cc2cc(Nc3nc(N[C@@H]4CCCC[C@@H]4N)nnc3C(N)=O)cc(Cl)c2n1. The maximum absolute atomic E-state index is 11.8. The summed E-state index contributed by atoms with van der Waals surface area (Å²) >= 11 is 6.40. The molecule has 1 saturated carbocycles. The Morgan fingerprint density at radius 2 is 2.10 bits per heavy atom. The largest absolute Gasteiger partial charge is 0.364 e. The molecular formula is C19H24ClN9O. The molecule has 0 spiro atoms. The highest BCUT2D eigenvalue weighted by Crippen LogP contribution is 2.29. The predicted octanol–water partition coefficient (Wildman–Crippen LogP) is 2.42. The lowest BCUT2D eigenvalue weighted by Crippen LogP contribution is -2.43. The molecule has 1 aliphatic rings. The molecule has 1 aromatic carbocycles. The molecule has 2 heterocycles. The standard InChI is InChI=1S/C19H24ClN9O/c1-2-29-9-10-7-11(8-12(20)15(10)28-29)23-18-16(17(22)30)26-27-19(25-18)24-14-6-4-3-5-13(14)21/h7-9,13-14H,2-6,21H2,1H3,(H2,22,30)(H2,23,24,25,27)/t13-,14+/m0/s1. The molecule has 1 fully saturated rings. The van der Waals surface area contributed by atoms with Gasteiger partial charge in [0.1, 0.15) is 5.52 Å². The van der Waals surface area contributed by atoms with E-state index >= 15 is 0 Å². The normalized spacial score (nSPS) is 19.0. The zero-order valence-electron chi connectivity index (χ0n) is 16.6. The van der Waals surface area contributed by atoms with Crippen molar-refractivity contribution < 1.29 is 4.79 Å². The molecule has 10 nitrogen and oxygen atoms in total. The minimum absolute atomic E-state index is 0.0193. The number of hydrogen-bond donors (Lipinski definition) is 4. The van der Waals surface area contributed by atoms with Crippen molar-refractivity contribution in [1.82, 2.24) is 25.0 Å². The summed E-state index contributed by atoms with van der Waals surface area (Å²) in [4.78, 5) is 16.3. The van der Waals surface area contributed by atoms with E-state index < -0.39 is 5.91 Å². The molecule has 6 N–H and O–H groups in total. The van der Waals surface area contributed by atoms with E-state index in [1.165, 1.54) is 0 Å². The molecule has 11 heteroatoms. The van der Waals surface area contributed by atoms with E-state index in [0.29, 0.717) is 16.2 Å². The van der Waals surface area contributed by atoms with Crippen LogP contribution >= 0.6 is 11.6 Å². The van der Waals surface area contributed by atoms with Gasteiger partial charge in [-0.15, -0.1) is 10.2 Å². The number of nitrogens with zero attached hydrogens (tertiary/aromatic N) is 5. The number of rotatable bonds is 6. The molecule has 2 aromatic heterocycles. The lowest BCUT2D eigenvalue weighted by molar-refractivity contribution is 0.0995.